The van der Waals surface area contributed by atoms with Gasteiger partial charge in [0.05, 0.1) is 5.56 Å². The maximum Gasteiger partial charge on any atom is 0.335 e. The number of carboxylic acid groups (broad SMARTS) is 1. The summed E-state index contributed by atoms with van der Waals surface area (Å²) >= 11 is 0. The van der Waals surface area contributed by atoms with Crippen molar-refractivity contribution in [1.29, 1.82) is 0 Å². The molecule has 104 valence electrons. The fraction of sp³-hybridized carbons (Fsp3) is 0.429. The third-order valence-electron chi connectivity index (χ3n) is 2.83. The zero-order chi connectivity index (χ0) is 14.3. The Morgan fingerprint density at radius 3 is 2.63 bits per heavy atom. The first-order chi connectivity index (χ1) is 9.06. The van der Waals surface area contributed by atoms with E-state index < -0.39 is 5.97 Å². The molecule has 0 aliphatic heterocycles. The van der Waals surface area contributed by atoms with Crippen LogP contribution in [0.25, 0.3) is 0 Å². The largest absolute Gasteiger partial charge is 0.478 e. The van der Waals surface area contributed by atoms with Gasteiger partial charge in [-0.1, -0.05) is 26.3 Å². The van der Waals surface area contributed by atoms with Crippen LogP contribution >= 0.6 is 0 Å². The van der Waals surface area contributed by atoms with E-state index in [1.807, 2.05) is 6.92 Å². The minimum atomic E-state index is -1.01. The summed E-state index contributed by atoms with van der Waals surface area (Å²) in [6, 6.07) is 6.02. The van der Waals surface area contributed by atoms with Crippen molar-refractivity contribution in [2.75, 3.05) is 5.32 Å². The summed E-state index contributed by atoms with van der Waals surface area (Å²) in [7, 11) is 0. The average molecular weight is 264 g/mol. The molecule has 0 bridgehead atoms. The molecule has 5 nitrogen and oxygen atoms in total. The highest BCUT2D eigenvalue weighted by Gasteiger charge is 2.10. The Bertz CT molecular complexity index is 446. The van der Waals surface area contributed by atoms with Crippen LogP contribution in [0.5, 0.6) is 0 Å². The number of urea groups is 1. The van der Waals surface area contributed by atoms with E-state index in [4.69, 9.17) is 5.11 Å². The molecule has 1 atom stereocenters. The van der Waals surface area contributed by atoms with Crippen LogP contribution < -0.4 is 10.6 Å². The molecule has 0 heterocycles. The molecule has 0 spiro atoms. The van der Waals surface area contributed by atoms with Crippen molar-refractivity contribution >= 4 is 17.7 Å². The number of anilines is 1. The number of aromatic carboxylic acids is 1. The molecule has 0 aliphatic carbocycles. The highest BCUT2D eigenvalue weighted by Crippen LogP contribution is 2.11. The minimum absolute atomic E-state index is 0.146. The second kappa shape index (κ2) is 7.41. The molecule has 0 saturated carbocycles. The molecule has 0 aromatic heterocycles. The van der Waals surface area contributed by atoms with Crippen molar-refractivity contribution in [3.05, 3.63) is 29.8 Å². The van der Waals surface area contributed by atoms with Gasteiger partial charge in [0.15, 0.2) is 0 Å². The predicted octanol–water partition coefficient (Wildman–Crippen LogP) is 3.09. The Morgan fingerprint density at radius 1 is 1.32 bits per heavy atom. The lowest BCUT2D eigenvalue weighted by molar-refractivity contribution is 0.0697. The van der Waals surface area contributed by atoms with E-state index in [0.29, 0.717) is 5.69 Å². The summed E-state index contributed by atoms with van der Waals surface area (Å²) in [6.45, 7) is 4.09. The van der Waals surface area contributed by atoms with Crippen LogP contribution in [0.4, 0.5) is 10.5 Å². The number of nitrogens with one attached hydrogen (secondary N) is 2. The standard InChI is InChI=1S/C14H20N2O3/c1-3-6-11(4-2)15-14(19)16-12-8-5-7-10(9-12)13(17)18/h5,7-9,11H,3-4,6H2,1-2H3,(H,17,18)(H2,15,16,19). The fourth-order valence-corrected chi connectivity index (χ4v) is 1.81. The van der Waals surface area contributed by atoms with Gasteiger partial charge in [-0.05, 0) is 31.0 Å². The molecular formula is C14H20N2O3. The van der Waals surface area contributed by atoms with Gasteiger partial charge in [0, 0.05) is 11.7 Å². The summed E-state index contributed by atoms with van der Waals surface area (Å²) in [5.74, 6) is -1.01. The van der Waals surface area contributed by atoms with Crippen LogP contribution in [0, 0.1) is 0 Å². The Hall–Kier alpha value is -2.04. The summed E-state index contributed by atoms with van der Waals surface area (Å²) in [4.78, 5) is 22.6. The summed E-state index contributed by atoms with van der Waals surface area (Å²) in [5, 5.41) is 14.4. The van der Waals surface area contributed by atoms with Gasteiger partial charge in [0.2, 0.25) is 0 Å². The molecule has 3 N–H and O–H groups in total. The van der Waals surface area contributed by atoms with Crippen molar-refractivity contribution in [3.63, 3.8) is 0 Å². The third-order valence-corrected chi connectivity index (χ3v) is 2.83. The maximum atomic E-state index is 11.8. The first-order valence-electron chi connectivity index (χ1n) is 6.47. The number of hydrogen-bond acceptors (Lipinski definition) is 2. The molecule has 5 heteroatoms. The van der Waals surface area contributed by atoms with E-state index >= 15 is 0 Å². The Balaban J connectivity index is 2.61. The summed E-state index contributed by atoms with van der Waals surface area (Å²) in [5.41, 5.74) is 0.627. The van der Waals surface area contributed by atoms with Gasteiger partial charge in [-0.15, -0.1) is 0 Å². The van der Waals surface area contributed by atoms with Crippen molar-refractivity contribution in [2.24, 2.45) is 0 Å². The van der Waals surface area contributed by atoms with E-state index in [-0.39, 0.29) is 17.6 Å². The molecule has 1 rings (SSSR count). The van der Waals surface area contributed by atoms with Gasteiger partial charge in [-0.25, -0.2) is 9.59 Å². The van der Waals surface area contributed by atoms with Gasteiger partial charge in [0.1, 0.15) is 0 Å². The van der Waals surface area contributed by atoms with E-state index in [1.165, 1.54) is 12.1 Å². The van der Waals surface area contributed by atoms with E-state index in [0.717, 1.165) is 19.3 Å². The molecule has 19 heavy (non-hydrogen) atoms. The first-order valence-corrected chi connectivity index (χ1v) is 6.47. The maximum absolute atomic E-state index is 11.8. The van der Waals surface area contributed by atoms with Crippen LogP contribution in [0.1, 0.15) is 43.5 Å². The van der Waals surface area contributed by atoms with E-state index in [1.54, 1.807) is 12.1 Å². The molecular weight excluding hydrogens is 244 g/mol. The number of amides is 2. The molecule has 0 radical (unpaired) electrons. The lowest BCUT2D eigenvalue weighted by Crippen LogP contribution is -2.37. The zero-order valence-corrected chi connectivity index (χ0v) is 11.3. The molecule has 0 fully saturated rings. The van der Waals surface area contributed by atoms with Crippen LogP contribution in [0.2, 0.25) is 0 Å². The van der Waals surface area contributed by atoms with E-state index in [9.17, 15) is 9.59 Å². The fourth-order valence-electron chi connectivity index (χ4n) is 1.81. The van der Waals surface area contributed by atoms with Crippen LogP contribution in [0.3, 0.4) is 0 Å². The van der Waals surface area contributed by atoms with Crippen molar-refractivity contribution in [2.45, 2.75) is 39.2 Å². The monoisotopic (exact) mass is 264 g/mol. The normalized spacial score (nSPS) is 11.7. The Morgan fingerprint density at radius 2 is 2.05 bits per heavy atom. The number of carbonyl (C=O) groups excluding carboxylic acids is 1. The van der Waals surface area contributed by atoms with Crippen LogP contribution in [-0.4, -0.2) is 23.1 Å². The molecule has 0 saturated heterocycles. The van der Waals surface area contributed by atoms with Gasteiger partial charge < -0.3 is 15.7 Å². The topological polar surface area (TPSA) is 78.4 Å². The van der Waals surface area contributed by atoms with Gasteiger partial charge in [-0.3, -0.25) is 0 Å². The van der Waals surface area contributed by atoms with Gasteiger partial charge >= 0.3 is 12.0 Å². The molecule has 1 aromatic rings. The highest BCUT2D eigenvalue weighted by atomic mass is 16.4. The third kappa shape index (κ3) is 4.99. The number of carboxylic acids is 1. The predicted molar refractivity (Wildman–Crippen MR) is 74.5 cm³/mol. The Labute approximate surface area is 113 Å². The van der Waals surface area contributed by atoms with Crippen molar-refractivity contribution in [1.82, 2.24) is 5.32 Å². The number of hydrogen-bond donors (Lipinski definition) is 3. The summed E-state index contributed by atoms with van der Waals surface area (Å²) < 4.78 is 0. The average Bonchev–Trinajstić information content (AvgIpc) is 2.38. The second-order valence-corrected chi connectivity index (χ2v) is 4.38. The zero-order valence-electron chi connectivity index (χ0n) is 11.3. The molecule has 1 unspecified atom stereocenters. The highest BCUT2D eigenvalue weighted by molar-refractivity contribution is 5.93. The number of carbonyl (C=O) groups is 2. The lowest BCUT2D eigenvalue weighted by Gasteiger charge is -2.16. The second-order valence-electron chi connectivity index (χ2n) is 4.38. The van der Waals surface area contributed by atoms with Gasteiger partial charge in [0.25, 0.3) is 0 Å². The smallest absolute Gasteiger partial charge is 0.335 e. The van der Waals surface area contributed by atoms with Crippen molar-refractivity contribution < 1.29 is 14.7 Å². The van der Waals surface area contributed by atoms with Gasteiger partial charge in [-0.2, -0.15) is 0 Å². The van der Waals surface area contributed by atoms with E-state index in [2.05, 4.69) is 17.6 Å². The minimum Gasteiger partial charge on any atom is -0.478 e. The van der Waals surface area contributed by atoms with Crippen molar-refractivity contribution in [3.8, 4) is 0 Å². The Kier molecular flexibility index (Phi) is 5.85. The molecule has 0 aliphatic rings. The number of benzene rings is 1. The number of rotatable bonds is 6. The lowest BCUT2D eigenvalue weighted by atomic mass is 10.1. The quantitative estimate of drug-likeness (QED) is 0.738. The SMILES string of the molecule is CCCC(CC)NC(=O)Nc1cccc(C(=O)O)c1. The summed E-state index contributed by atoms with van der Waals surface area (Å²) in [6.07, 6.45) is 2.81. The van der Waals surface area contributed by atoms with Crippen LogP contribution in [-0.2, 0) is 0 Å². The molecule has 2 amide bonds. The first kappa shape index (κ1) is 15.0. The molecule has 1 aromatic carbocycles. The van der Waals surface area contributed by atoms with Crippen LogP contribution in [0.15, 0.2) is 24.3 Å².